The number of rotatable bonds is 9. The third-order valence-electron chi connectivity index (χ3n) is 7.05. The standard InChI is InChI=1S/C26H30Cl2F3N3O4/c1-15(2)9-12-33(14-20(35)21-18(27)5-4-6-19(21)28)23(36)17-13-32-34(22(17)26(29,30)31)16-7-10-25(3,11-8-16)24(37)38/h4-6,13,15-16H,7-12,14H2,1-3H3,(H,37,38)/t16-,25-. The van der Waals surface area contributed by atoms with Crippen molar-refractivity contribution in [1.82, 2.24) is 14.7 Å². The molecule has 1 fully saturated rings. The van der Waals surface area contributed by atoms with Crippen LogP contribution in [0.3, 0.4) is 0 Å². The minimum Gasteiger partial charge on any atom is -0.481 e. The summed E-state index contributed by atoms with van der Waals surface area (Å²) in [4.78, 5) is 39.2. The van der Waals surface area contributed by atoms with E-state index in [2.05, 4.69) is 5.10 Å². The molecule has 1 heterocycles. The maximum absolute atomic E-state index is 14.3. The molecule has 38 heavy (non-hydrogen) atoms. The Bertz CT molecular complexity index is 1180. The van der Waals surface area contributed by atoms with E-state index >= 15 is 0 Å². The molecular formula is C26H30Cl2F3N3O4. The molecule has 0 radical (unpaired) electrons. The number of carboxylic acids is 1. The van der Waals surface area contributed by atoms with Gasteiger partial charge in [0.2, 0.25) is 0 Å². The SMILES string of the molecule is CC(C)CCN(CC(=O)c1c(Cl)cccc1Cl)C(=O)c1cnn([C@H]2CC[C@](C)(C(=O)O)CC2)c1C(F)(F)F. The first-order valence-corrected chi connectivity index (χ1v) is 13.1. The van der Waals surface area contributed by atoms with Gasteiger partial charge in [-0.15, -0.1) is 0 Å². The summed E-state index contributed by atoms with van der Waals surface area (Å²) in [7, 11) is 0. The second-order valence-corrected chi connectivity index (χ2v) is 11.2. The molecule has 1 aromatic carbocycles. The highest BCUT2D eigenvalue weighted by Crippen LogP contribution is 2.43. The van der Waals surface area contributed by atoms with Gasteiger partial charge in [0.05, 0.1) is 45.4 Å². The van der Waals surface area contributed by atoms with Gasteiger partial charge >= 0.3 is 12.1 Å². The number of carbonyl (C=O) groups excluding carboxylic acids is 2. The zero-order chi connectivity index (χ0) is 28.4. The third-order valence-corrected chi connectivity index (χ3v) is 7.68. The van der Waals surface area contributed by atoms with Crippen LogP contribution in [0.2, 0.25) is 10.0 Å². The van der Waals surface area contributed by atoms with Crippen LogP contribution in [-0.2, 0) is 11.0 Å². The van der Waals surface area contributed by atoms with Crippen molar-refractivity contribution in [2.45, 2.75) is 65.1 Å². The molecule has 1 aliphatic rings. The highest BCUT2D eigenvalue weighted by molar-refractivity contribution is 6.40. The maximum Gasteiger partial charge on any atom is 0.433 e. The van der Waals surface area contributed by atoms with Crippen LogP contribution in [0.25, 0.3) is 0 Å². The van der Waals surface area contributed by atoms with Crippen LogP contribution < -0.4 is 0 Å². The van der Waals surface area contributed by atoms with E-state index in [0.717, 1.165) is 15.8 Å². The first kappa shape index (κ1) is 30.0. The number of hydrogen-bond acceptors (Lipinski definition) is 4. The molecule has 1 aromatic heterocycles. The molecule has 0 atom stereocenters. The van der Waals surface area contributed by atoms with Crippen LogP contribution in [-0.4, -0.2) is 50.5 Å². The first-order chi connectivity index (χ1) is 17.7. The quantitative estimate of drug-likeness (QED) is 0.332. The van der Waals surface area contributed by atoms with Gasteiger partial charge in [-0.2, -0.15) is 18.3 Å². The van der Waals surface area contributed by atoms with E-state index < -0.39 is 53.1 Å². The van der Waals surface area contributed by atoms with E-state index in [1.54, 1.807) is 13.0 Å². The molecule has 3 rings (SSSR count). The number of amides is 1. The van der Waals surface area contributed by atoms with Crippen molar-refractivity contribution in [3.05, 3.63) is 51.3 Å². The summed E-state index contributed by atoms with van der Waals surface area (Å²) in [6.45, 7) is 4.87. The van der Waals surface area contributed by atoms with Gasteiger partial charge in [-0.25, -0.2) is 0 Å². The Hall–Kier alpha value is -2.59. The summed E-state index contributed by atoms with van der Waals surface area (Å²) in [5.74, 6) is -2.46. The van der Waals surface area contributed by atoms with Gasteiger partial charge in [0.25, 0.3) is 5.91 Å². The lowest BCUT2D eigenvalue weighted by Gasteiger charge is -2.34. The number of nitrogens with zero attached hydrogens (tertiary/aromatic N) is 3. The lowest BCUT2D eigenvalue weighted by molar-refractivity contribution is -0.152. The Labute approximate surface area is 228 Å². The lowest BCUT2D eigenvalue weighted by Crippen LogP contribution is -2.38. The summed E-state index contributed by atoms with van der Waals surface area (Å²) in [5, 5.41) is 13.5. The summed E-state index contributed by atoms with van der Waals surface area (Å²) in [6, 6.07) is 3.77. The molecule has 1 saturated carbocycles. The highest BCUT2D eigenvalue weighted by Gasteiger charge is 2.45. The van der Waals surface area contributed by atoms with E-state index in [1.807, 2.05) is 13.8 Å². The fraction of sp³-hybridized carbons (Fsp3) is 0.538. The zero-order valence-corrected chi connectivity index (χ0v) is 22.8. The summed E-state index contributed by atoms with van der Waals surface area (Å²) in [5.41, 5.74) is -2.89. The van der Waals surface area contributed by atoms with Gasteiger partial charge in [0.15, 0.2) is 11.5 Å². The summed E-state index contributed by atoms with van der Waals surface area (Å²) >= 11 is 12.3. The Balaban J connectivity index is 1.95. The van der Waals surface area contributed by atoms with E-state index in [9.17, 15) is 32.7 Å². The molecule has 208 valence electrons. The molecule has 1 amide bonds. The number of benzene rings is 1. The van der Waals surface area contributed by atoms with Crippen LogP contribution >= 0.6 is 23.2 Å². The maximum atomic E-state index is 14.3. The van der Waals surface area contributed by atoms with Crippen molar-refractivity contribution in [3.63, 3.8) is 0 Å². The number of hydrogen-bond donors (Lipinski definition) is 1. The minimum atomic E-state index is -4.91. The molecule has 0 saturated heterocycles. The highest BCUT2D eigenvalue weighted by atomic mass is 35.5. The minimum absolute atomic E-state index is 0.00592. The van der Waals surface area contributed by atoms with Gasteiger partial charge < -0.3 is 10.0 Å². The van der Waals surface area contributed by atoms with E-state index in [1.165, 1.54) is 12.1 Å². The van der Waals surface area contributed by atoms with Crippen molar-refractivity contribution in [2.75, 3.05) is 13.1 Å². The van der Waals surface area contributed by atoms with Crippen LogP contribution in [0.15, 0.2) is 24.4 Å². The number of alkyl halides is 3. The number of carboxylic acid groups (broad SMARTS) is 1. The number of aliphatic carboxylic acids is 1. The molecule has 0 unspecified atom stereocenters. The lowest BCUT2D eigenvalue weighted by atomic mass is 9.74. The molecular weight excluding hydrogens is 546 g/mol. The smallest absolute Gasteiger partial charge is 0.433 e. The summed E-state index contributed by atoms with van der Waals surface area (Å²) in [6.07, 6.45) is -2.88. The second kappa shape index (κ2) is 11.7. The van der Waals surface area contributed by atoms with Crippen LogP contribution in [0.4, 0.5) is 13.2 Å². The normalized spacial score (nSPS) is 20.0. The first-order valence-electron chi connectivity index (χ1n) is 12.3. The van der Waals surface area contributed by atoms with E-state index in [-0.39, 0.29) is 53.8 Å². The average Bonchev–Trinajstić information content (AvgIpc) is 3.27. The molecule has 1 N–H and O–H groups in total. The van der Waals surface area contributed by atoms with Gasteiger partial charge in [0, 0.05) is 6.54 Å². The van der Waals surface area contributed by atoms with Crippen LogP contribution in [0.1, 0.15) is 85.3 Å². The predicted octanol–water partition coefficient (Wildman–Crippen LogP) is 6.79. The Kier molecular flexibility index (Phi) is 9.19. The number of halogens is 5. The molecule has 12 heteroatoms. The molecule has 0 bridgehead atoms. The third kappa shape index (κ3) is 6.51. The predicted molar refractivity (Wildman–Crippen MR) is 137 cm³/mol. The van der Waals surface area contributed by atoms with Crippen molar-refractivity contribution in [2.24, 2.45) is 11.3 Å². The average molecular weight is 576 g/mol. The zero-order valence-electron chi connectivity index (χ0n) is 21.3. The molecule has 0 aliphatic heterocycles. The van der Waals surface area contributed by atoms with Gasteiger partial charge in [-0.3, -0.25) is 19.1 Å². The number of aromatic nitrogens is 2. The van der Waals surface area contributed by atoms with Gasteiger partial charge in [0.1, 0.15) is 0 Å². The van der Waals surface area contributed by atoms with E-state index in [0.29, 0.717) is 6.42 Å². The fourth-order valence-corrected chi connectivity index (χ4v) is 5.24. The Morgan fingerprint density at radius 3 is 2.26 bits per heavy atom. The van der Waals surface area contributed by atoms with Gasteiger partial charge in [-0.05, 0) is 57.1 Å². The number of carbonyl (C=O) groups is 3. The van der Waals surface area contributed by atoms with Crippen LogP contribution in [0, 0.1) is 11.3 Å². The largest absolute Gasteiger partial charge is 0.481 e. The topological polar surface area (TPSA) is 92.5 Å². The van der Waals surface area contributed by atoms with Crippen molar-refractivity contribution in [3.8, 4) is 0 Å². The van der Waals surface area contributed by atoms with Crippen molar-refractivity contribution in [1.29, 1.82) is 0 Å². The molecule has 7 nitrogen and oxygen atoms in total. The number of ketones is 1. The molecule has 1 aliphatic carbocycles. The fourth-order valence-electron chi connectivity index (χ4n) is 4.63. The van der Waals surface area contributed by atoms with Gasteiger partial charge in [-0.1, -0.05) is 43.1 Å². The molecule has 0 spiro atoms. The second-order valence-electron chi connectivity index (χ2n) is 10.4. The Morgan fingerprint density at radius 1 is 1.18 bits per heavy atom. The Morgan fingerprint density at radius 2 is 1.76 bits per heavy atom. The van der Waals surface area contributed by atoms with Crippen molar-refractivity contribution >= 4 is 40.9 Å². The number of Topliss-reactive ketones (excluding diaryl/α,β-unsaturated/α-hetero) is 1. The van der Waals surface area contributed by atoms with E-state index in [4.69, 9.17) is 23.2 Å². The molecule has 2 aromatic rings. The van der Waals surface area contributed by atoms with Crippen LogP contribution in [0.5, 0.6) is 0 Å². The summed E-state index contributed by atoms with van der Waals surface area (Å²) < 4.78 is 43.8. The monoisotopic (exact) mass is 575 g/mol. The van der Waals surface area contributed by atoms with Crippen molar-refractivity contribution < 1.29 is 32.7 Å².